The van der Waals surface area contributed by atoms with Crippen molar-refractivity contribution >= 4 is 21.6 Å². The Morgan fingerprint density at radius 2 is 1.79 bits per heavy atom. The summed E-state index contributed by atoms with van der Waals surface area (Å²) in [7, 11) is -2.19. The molecule has 1 N–H and O–H groups in total. The first-order valence-corrected chi connectivity index (χ1v) is 10.7. The highest BCUT2D eigenvalue weighted by Crippen LogP contribution is 2.21. The van der Waals surface area contributed by atoms with Gasteiger partial charge in [0.1, 0.15) is 0 Å². The number of anilines is 1. The molecule has 7 nitrogen and oxygen atoms in total. The Morgan fingerprint density at radius 3 is 2.41 bits per heavy atom. The molecule has 1 heterocycles. The number of carbonyl (C=O) groups is 1. The van der Waals surface area contributed by atoms with Crippen LogP contribution in [-0.4, -0.2) is 37.7 Å². The van der Waals surface area contributed by atoms with Crippen LogP contribution in [0.4, 0.5) is 5.69 Å². The van der Waals surface area contributed by atoms with Crippen molar-refractivity contribution in [1.82, 2.24) is 15.1 Å². The van der Waals surface area contributed by atoms with Gasteiger partial charge in [0.25, 0.3) is 15.9 Å². The number of aromatic nitrogens is 2. The third-order valence-corrected chi connectivity index (χ3v) is 6.36. The number of amides is 1. The normalized spacial score (nSPS) is 12.3. The van der Waals surface area contributed by atoms with Gasteiger partial charge in [-0.3, -0.25) is 13.8 Å². The van der Waals surface area contributed by atoms with E-state index in [0.717, 1.165) is 0 Å². The fourth-order valence-corrected chi connectivity index (χ4v) is 4.07. The number of rotatable bonds is 8. The zero-order valence-corrected chi connectivity index (χ0v) is 17.2. The van der Waals surface area contributed by atoms with Crippen LogP contribution in [0.15, 0.2) is 78.0 Å². The lowest BCUT2D eigenvalue weighted by molar-refractivity contribution is 0.0946. The Bertz CT molecular complexity index is 1030. The summed E-state index contributed by atoms with van der Waals surface area (Å²) in [4.78, 5) is 12.5. The maximum atomic E-state index is 12.8. The molecule has 1 amide bonds. The van der Waals surface area contributed by atoms with E-state index in [4.69, 9.17) is 0 Å². The molecule has 0 aliphatic heterocycles. The summed E-state index contributed by atoms with van der Waals surface area (Å²) < 4.78 is 28.6. The van der Waals surface area contributed by atoms with Gasteiger partial charge >= 0.3 is 0 Å². The summed E-state index contributed by atoms with van der Waals surface area (Å²) in [5.74, 6) is -0.0318. The number of sulfonamides is 1. The molecular weight excluding hydrogens is 388 g/mol. The fraction of sp³-hybridized carbons (Fsp3) is 0.238. The van der Waals surface area contributed by atoms with E-state index < -0.39 is 10.0 Å². The van der Waals surface area contributed by atoms with Gasteiger partial charge in [0.15, 0.2) is 0 Å². The van der Waals surface area contributed by atoms with Gasteiger partial charge in [-0.25, -0.2) is 8.42 Å². The third kappa shape index (κ3) is 5.03. The molecule has 1 aromatic heterocycles. The number of carbonyl (C=O) groups excluding carboxylic acids is 1. The largest absolute Gasteiger partial charge is 0.352 e. The lowest BCUT2D eigenvalue weighted by Crippen LogP contribution is -2.30. The molecule has 0 bridgehead atoms. The number of nitrogens with zero attached hydrogens (tertiary/aromatic N) is 3. The van der Waals surface area contributed by atoms with Gasteiger partial charge in [-0.2, -0.15) is 5.10 Å². The topological polar surface area (TPSA) is 84.3 Å². The van der Waals surface area contributed by atoms with Crippen molar-refractivity contribution < 1.29 is 13.2 Å². The molecule has 2 aromatic carbocycles. The number of hydrogen-bond acceptors (Lipinski definition) is 4. The van der Waals surface area contributed by atoms with Crippen LogP contribution in [-0.2, 0) is 16.6 Å². The molecule has 0 saturated carbocycles. The van der Waals surface area contributed by atoms with Crippen molar-refractivity contribution in [3.63, 3.8) is 0 Å². The quantitative estimate of drug-likeness (QED) is 0.617. The molecule has 29 heavy (non-hydrogen) atoms. The maximum Gasteiger partial charge on any atom is 0.264 e. The molecule has 0 saturated heterocycles. The van der Waals surface area contributed by atoms with Crippen molar-refractivity contribution in [1.29, 1.82) is 0 Å². The molecule has 0 aliphatic carbocycles. The van der Waals surface area contributed by atoms with Crippen molar-refractivity contribution in [2.75, 3.05) is 17.9 Å². The molecule has 1 atom stereocenters. The Balaban J connectivity index is 1.62. The summed E-state index contributed by atoms with van der Waals surface area (Å²) in [6.07, 6.45) is 3.60. The van der Waals surface area contributed by atoms with Crippen LogP contribution in [0.5, 0.6) is 0 Å². The minimum absolute atomic E-state index is 0.132. The summed E-state index contributed by atoms with van der Waals surface area (Å²) in [6, 6.07) is 16.7. The van der Waals surface area contributed by atoms with Gasteiger partial charge in [-0.05, 0) is 48.4 Å². The highest BCUT2D eigenvalue weighted by Gasteiger charge is 2.21. The zero-order chi connectivity index (χ0) is 20.9. The predicted octanol–water partition coefficient (Wildman–Crippen LogP) is 2.77. The molecule has 0 fully saturated rings. The molecular formula is C21H24N4O3S. The Kier molecular flexibility index (Phi) is 6.33. The van der Waals surface area contributed by atoms with Crippen molar-refractivity contribution in [3.8, 4) is 0 Å². The monoisotopic (exact) mass is 412 g/mol. The van der Waals surface area contributed by atoms with Crippen molar-refractivity contribution in [3.05, 3.63) is 78.6 Å². The highest BCUT2D eigenvalue weighted by molar-refractivity contribution is 7.92. The molecule has 3 rings (SSSR count). The molecule has 0 radical (unpaired) electrons. The van der Waals surface area contributed by atoms with E-state index in [9.17, 15) is 13.2 Å². The van der Waals surface area contributed by atoms with Gasteiger partial charge in [-0.15, -0.1) is 0 Å². The van der Waals surface area contributed by atoms with Crippen LogP contribution >= 0.6 is 0 Å². The number of benzene rings is 2. The Labute approximate surface area is 171 Å². The highest BCUT2D eigenvalue weighted by atomic mass is 32.2. The average molecular weight is 413 g/mol. The van der Waals surface area contributed by atoms with E-state index in [-0.39, 0.29) is 16.7 Å². The second-order valence-electron chi connectivity index (χ2n) is 6.88. The number of para-hydroxylation sites is 1. The first-order valence-electron chi connectivity index (χ1n) is 9.27. The van der Waals surface area contributed by atoms with E-state index in [0.29, 0.717) is 24.3 Å². The first kappa shape index (κ1) is 20.6. The fourth-order valence-electron chi connectivity index (χ4n) is 2.87. The molecule has 152 valence electrons. The third-order valence-electron chi connectivity index (χ3n) is 4.56. The van der Waals surface area contributed by atoms with E-state index >= 15 is 0 Å². The van der Waals surface area contributed by atoms with Crippen LogP contribution < -0.4 is 9.62 Å². The maximum absolute atomic E-state index is 12.8. The molecule has 8 heteroatoms. The Hall–Kier alpha value is -3.13. The van der Waals surface area contributed by atoms with E-state index in [1.807, 2.05) is 29.9 Å². The van der Waals surface area contributed by atoms with Crippen LogP contribution in [0.2, 0.25) is 0 Å². The second-order valence-corrected chi connectivity index (χ2v) is 8.85. The number of hydrogen-bond donors (Lipinski definition) is 1. The van der Waals surface area contributed by atoms with Crippen LogP contribution in [0.1, 0.15) is 17.3 Å². The van der Waals surface area contributed by atoms with Crippen molar-refractivity contribution in [2.45, 2.75) is 18.4 Å². The molecule has 3 aromatic rings. The average Bonchev–Trinajstić information content (AvgIpc) is 3.25. The van der Waals surface area contributed by atoms with Crippen LogP contribution in [0.3, 0.4) is 0 Å². The lowest BCUT2D eigenvalue weighted by atomic mass is 10.1. The molecule has 0 aliphatic rings. The molecule has 1 unspecified atom stereocenters. The van der Waals surface area contributed by atoms with E-state index in [1.165, 1.54) is 35.6 Å². The second kappa shape index (κ2) is 8.91. The minimum atomic E-state index is -3.70. The standard InChI is InChI=1S/C21H24N4O3S/c1-17(16-25-14-6-13-23-25)15-22-21(26)18-9-11-20(12-10-18)29(27,28)24(2)19-7-4-3-5-8-19/h3-14,17H,15-16H2,1-2H3,(H,22,26). The predicted molar refractivity (Wildman–Crippen MR) is 112 cm³/mol. The molecule has 0 spiro atoms. The minimum Gasteiger partial charge on any atom is -0.352 e. The van der Waals surface area contributed by atoms with Crippen LogP contribution in [0.25, 0.3) is 0 Å². The Morgan fingerprint density at radius 1 is 1.10 bits per heavy atom. The van der Waals surface area contributed by atoms with Gasteiger partial charge in [0.2, 0.25) is 0 Å². The summed E-state index contributed by atoms with van der Waals surface area (Å²) in [5.41, 5.74) is 0.984. The van der Waals surface area contributed by atoms with E-state index in [2.05, 4.69) is 10.4 Å². The summed E-state index contributed by atoms with van der Waals surface area (Å²) >= 11 is 0. The zero-order valence-electron chi connectivity index (χ0n) is 16.4. The summed E-state index contributed by atoms with van der Waals surface area (Å²) in [5, 5.41) is 7.03. The van der Waals surface area contributed by atoms with Crippen molar-refractivity contribution in [2.24, 2.45) is 5.92 Å². The smallest absolute Gasteiger partial charge is 0.264 e. The number of nitrogens with one attached hydrogen (secondary N) is 1. The first-order chi connectivity index (χ1) is 13.9. The van der Waals surface area contributed by atoms with Gasteiger partial charge in [0.05, 0.1) is 10.6 Å². The van der Waals surface area contributed by atoms with Crippen LogP contribution in [0, 0.1) is 5.92 Å². The lowest BCUT2D eigenvalue weighted by Gasteiger charge is -2.19. The van der Waals surface area contributed by atoms with Gasteiger partial charge in [-0.1, -0.05) is 25.1 Å². The SMILES string of the molecule is CC(CNC(=O)c1ccc(S(=O)(=O)N(C)c2ccccc2)cc1)Cn1cccn1. The van der Waals surface area contributed by atoms with Gasteiger partial charge in [0, 0.05) is 38.1 Å². The summed E-state index contributed by atoms with van der Waals surface area (Å²) in [6.45, 7) is 3.23. The van der Waals surface area contributed by atoms with E-state index in [1.54, 1.807) is 30.5 Å². The van der Waals surface area contributed by atoms with Gasteiger partial charge < -0.3 is 5.32 Å².